The summed E-state index contributed by atoms with van der Waals surface area (Å²) in [6.07, 6.45) is 2.15. The smallest absolute Gasteiger partial charge is 0.259 e. The molecule has 2 amide bonds. The monoisotopic (exact) mass is 260 g/mol. The Kier molecular flexibility index (Phi) is 2.98. The zero-order valence-corrected chi connectivity index (χ0v) is 10.7. The van der Waals surface area contributed by atoms with Crippen LogP contribution >= 0.6 is 0 Å². The minimum atomic E-state index is -0.316. The average Bonchev–Trinajstić information content (AvgIpc) is 2.65. The minimum absolute atomic E-state index is 0.255. The van der Waals surface area contributed by atoms with Crippen LogP contribution in [0.25, 0.3) is 0 Å². The molecule has 2 heterocycles. The van der Waals surface area contributed by atoms with Crippen molar-refractivity contribution in [2.75, 3.05) is 11.9 Å². The zero-order valence-electron chi connectivity index (χ0n) is 10.7. The van der Waals surface area contributed by atoms with Crippen molar-refractivity contribution in [1.82, 2.24) is 5.32 Å². The van der Waals surface area contributed by atoms with E-state index in [4.69, 9.17) is 4.74 Å². The number of anilines is 1. The Labute approximate surface area is 111 Å². The Balaban J connectivity index is 1.78. The van der Waals surface area contributed by atoms with Gasteiger partial charge in [0, 0.05) is 18.3 Å². The van der Waals surface area contributed by atoms with Gasteiger partial charge in [0.15, 0.2) is 0 Å². The molecule has 0 spiro atoms. The molecule has 0 saturated carbocycles. The van der Waals surface area contributed by atoms with Crippen LogP contribution in [0.2, 0.25) is 0 Å². The van der Waals surface area contributed by atoms with Gasteiger partial charge in [-0.05, 0) is 38.0 Å². The van der Waals surface area contributed by atoms with E-state index < -0.39 is 0 Å². The molecular weight excluding hydrogens is 244 g/mol. The van der Waals surface area contributed by atoms with Gasteiger partial charge in [0.1, 0.15) is 0 Å². The molecular formula is C14H16N2O3. The number of imide groups is 1. The molecule has 1 saturated heterocycles. The van der Waals surface area contributed by atoms with Crippen molar-refractivity contribution in [2.24, 2.45) is 0 Å². The summed E-state index contributed by atoms with van der Waals surface area (Å²) in [4.78, 5) is 23.0. The molecule has 0 bridgehead atoms. The van der Waals surface area contributed by atoms with E-state index in [1.165, 1.54) is 0 Å². The molecule has 2 atom stereocenters. The fraction of sp³-hybridized carbons (Fsp3) is 0.429. The summed E-state index contributed by atoms with van der Waals surface area (Å²) in [5.41, 5.74) is 1.79. The molecule has 0 aliphatic carbocycles. The van der Waals surface area contributed by atoms with Crippen LogP contribution in [0.15, 0.2) is 18.2 Å². The van der Waals surface area contributed by atoms with E-state index in [1.807, 2.05) is 6.07 Å². The molecule has 2 aliphatic heterocycles. The number of rotatable bonds is 2. The van der Waals surface area contributed by atoms with Crippen molar-refractivity contribution in [1.29, 1.82) is 0 Å². The number of nitrogens with one attached hydrogen (secondary N) is 2. The van der Waals surface area contributed by atoms with E-state index in [0.717, 1.165) is 25.1 Å². The molecule has 2 unspecified atom stereocenters. The second-order valence-electron chi connectivity index (χ2n) is 5.09. The molecule has 5 nitrogen and oxygen atoms in total. The van der Waals surface area contributed by atoms with Gasteiger partial charge < -0.3 is 10.1 Å². The third-order valence-corrected chi connectivity index (χ3v) is 3.59. The van der Waals surface area contributed by atoms with E-state index in [9.17, 15) is 9.59 Å². The van der Waals surface area contributed by atoms with Crippen LogP contribution in [0.1, 0.15) is 40.5 Å². The highest BCUT2D eigenvalue weighted by atomic mass is 16.5. The van der Waals surface area contributed by atoms with Gasteiger partial charge in [-0.15, -0.1) is 0 Å². The summed E-state index contributed by atoms with van der Waals surface area (Å²) in [5.74, 6) is -0.629. The number of carbonyl (C=O) groups excluding carboxylic acids is 2. The number of fused-ring (bicyclic) bond motifs is 1. The second kappa shape index (κ2) is 4.66. The summed E-state index contributed by atoms with van der Waals surface area (Å²) < 4.78 is 5.50. The molecule has 2 aliphatic rings. The maximum absolute atomic E-state index is 11.6. The molecule has 2 N–H and O–H groups in total. The predicted molar refractivity (Wildman–Crippen MR) is 70.3 cm³/mol. The largest absolute Gasteiger partial charge is 0.382 e. The Morgan fingerprint density at radius 2 is 2.05 bits per heavy atom. The maximum atomic E-state index is 11.6. The lowest BCUT2D eigenvalue weighted by Gasteiger charge is -2.28. The van der Waals surface area contributed by atoms with Gasteiger partial charge in [-0.3, -0.25) is 14.9 Å². The van der Waals surface area contributed by atoms with Crippen LogP contribution in [0, 0.1) is 0 Å². The second-order valence-corrected chi connectivity index (χ2v) is 5.09. The highest BCUT2D eigenvalue weighted by Crippen LogP contribution is 2.23. The van der Waals surface area contributed by atoms with Crippen LogP contribution in [0.4, 0.5) is 5.69 Å². The van der Waals surface area contributed by atoms with Crippen LogP contribution in [-0.4, -0.2) is 30.6 Å². The van der Waals surface area contributed by atoms with Gasteiger partial charge in [0.2, 0.25) is 0 Å². The molecule has 0 aromatic heterocycles. The highest BCUT2D eigenvalue weighted by molar-refractivity contribution is 6.21. The SMILES string of the molecule is CC1CC(Nc2ccc3c(c2)C(=O)NC3=O)CCO1. The van der Waals surface area contributed by atoms with E-state index >= 15 is 0 Å². The summed E-state index contributed by atoms with van der Waals surface area (Å²) in [7, 11) is 0. The third kappa shape index (κ3) is 2.33. The summed E-state index contributed by atoms with van der Waals surface area (Å²) in [5, 5.41) is 5.70. The number of hydrogen-bond donors (Lipinski definition) is 2. The Hall–Kier alpha value is -1.88. The third-order valence-electron chi connectivity index (χ3n) is 3.59. The molecule has 19 heavy (non-hydrogen) atoms. The van der Waals surface area contributed by atoms with Gasteiger partial charge in [-0.2, -0.15) is 0 Å². The lowest BCUT2D eigenvalue weighted by Crippen LogP contribution is -2.32. The van der Waals surface area contributed by atoms with Crippen LogP contribution in [0.5, 0.6) is 0 Å². The van der Waals surface area contributed by atoms with Crippen molar-refractivity contribution in [3.05, 3.63) is 29.3 Å². The van der Waals surface area contributed by atoms with Crippen molar-refractivity contribution in [2.45, 2.75) is 31.9 Å². The average molecular weight is 260 g/mol. The Morgan fingerprint density at radius 1 is 1.26 bits per heavy atom. The van der Waals surface area contributed by atoms with Crippen molar-refractivity contribution in [3.63, 3.8) is 0 Å². The van der Waals surface area contributed by atoms with Gasteiger partial charge in [0.05, 0.1) is 17.2 Å². The normalized spacial score (nSPS) is 25.9. The molecule has 100 valence electrons. The fourth-order valence-electron chi connectivity index (χ4n) is 2.62. The molecule has 1 aromatic carbocycles. The lowest BCUT2D eigenvalue weighted by atomic mass is 10.0. The predicted octanol–water partition coefficient (Wildman–Crippen LogP) is 1.55. The number of hydrogen-bond acceptors (Lipinski definition) is 4. The first kappa shape index (κ1) is 12.2. The summed E-state index contributed by atoms with van der Waals surface area (Å²) >= 11 is 0. The minimum Gasteiger partial charge on any atom is -0.382 e. The van der Waals surface area contributed by atoms with Gasteiger partial charge in [-0.1, -0.05) is 0 Å². The Bertz CT molecular complexity index is 541. The first-order valence-electron chi connectivity index (χ1n) is 6.51. The molecule has 3 rings (SSSR count). The van der Waals surface area contributed by atoms with Crippen molar-refractivity contribution >= 4 is 17.5 Å². The molecule has 1 fully saturated rings. The fourth-order valence-corrected chi connectivity index (χ4v) is 2.62. The van der Waals surface area contributed by atoms with Gasteiger partial charge in [-0.25, -0.2) is 0 Å². The molecule has 1 aromatic rings. The maximum Gasteiger partial charge on any atom is 0.259 e. The topological polar surface area (TPSA) is 67.4 Å². The van der Waals surface area contributed by atoms with E-state index in [0.29, 0.717) is 17.2 Å². The number of carbonyl (C=O) groups is 2. The highest BCUT2D eigenvalue weighted by Gasteiger charge is 2.27. The standard InChI is InChI=1S/C14H16N2O3/c1-8-6-10(4-5-19-8)15-9-2-3-11-12(7-9)14(18)16-13(11)17/h2-3,7-8,10,15H,4-6H2,1H3,(H,16,17,18). The van der Waals surface area contributed by atoms with Gasteiger partial charge in [0.25, 0.3) is 11.8 Å². The van der Waals surface area contributed by atoms with Crippen LogP contribution < -0.4 is 10.6 Å². The molecule has 5 heteroatoms. The van der Waals surface area contributed by atoms with Crippen LogP contribution in [0.3, 0.4) is 0 Å². The number of ether oxygens (including phenoxy) is 1. The van der Waals surface area contributed by atoms with Crippen LogP contribution in [-0.2, 0) is 4.74 Å². The Morgan fingerprint density at radius 3 is 2.84 bits per heavy atom. The van der Waals surface area contributed by atoms with Crippen molar-refractivity contribution in [3.8, 4) is 0 Å². The first-order chi connectivity index (χ1) is 9.13. The zero-order chi connectivity index (χ0) is 13.4. The quantitative estimate of drug-likeness (QED) is 0.792. The summed E-state index contributed by atoms with van der Waals surface area (Å²) in [6, 6.07) is 5.63. The first-order valence-corrected chi connectivity index (χ1v) is 6.51. The summed E-state index contributed by atoms with van der Waals surface area (Å²) in [6.45, 7) is 2.81. The lowest BCUT2D eigenvalue weighted by molar-refractivity contribution is 0.0232. The van der Waals surface area contributed by atoms with E-state index in [2.05, 4.69) is 17.6 Å². The van der Waals surface area contributed by atoms with E-state index in [-0.39, 0.29) is 17.9 Å². The molecule has 0 radical (unpaired) electrons. The number of benzene rings is 1. The number of amides is 2. The van der Waals surface area contributed by atoms with E-state index in [1.54, 1.807) is 12.1 Å². The van der Waals surface area contributed by atoms with Gasteiger partial charge >= 0.3 is 0 Å². The van der Waals surface area contributed by atoms with Crippen molar-refractivity contribution < 1.29 is 14.3 Å².